The fraction of sp³-hybridized carbons (Fsp3) is 0.214. The number of carbonyl (C=O) groups excluding carboxylic acids is 2. The van der Waals surface area contributed by atoms with Gasteiger partial charge in [-0.25, -0.2) is 9.48 Å². The van der Waals surface area contributed by atoms with E-state index in [9.17, 15) is 9.59 Å². The molecule has 1 aromatic heterocycles. The highest BCUT2D eigenvalue weighted by molar-refractivity contribution is 6.06. The van der Waals surface area contributed by atoms with Gasteiger partial charge in [0.1, 0.15) is 0 Å². The Balaban J connectivity index is 1.61. The largest absolute Gasteiger partial charge is 0.464 e. The van der Waals surface area contributed by atoms with E-state index in [0.29, 0.717) is 16.8 Å². The zero-order valence-corrected chi connectivity index (χ0v) is 19.7. The fourth-order valence-corrected chi connectivity index (χ4v) is 4.67. The fourth-order valence-electron chi connectivity index (χ4n) is 4.67. The molecule has 1 aliphatic heterocycles. The summed E-state index contributed by atoms with van der Waals surface area (Å²) in [5.74, 6) is -0.678. The van der Waals surface area contributed by atoms with Crippen molar-refractivity contribution < 1.29 is 14.3 Å². The third-order valence-electron chi connectivity index (χ3n) is 6.38. The number of hydrogen-bond donors (Lipinski definition) is 0. The van der Waals surface area contributed by atoms with Gasteiger partial charge in [-0.2, -0.15) is 0 Å². The maximum absolute atomic E-state index is 13.7. The van der Waals surface area contributed by atoms with Gasteiger partial charge < -0.3 is 9.64 Å². The first-order valence-corrected chi connectivity index (χ1v) is 11.6. The first-order chi connectivity index (χ1) is 17.0. The standard InChI is InChI=1S/C28H26N4O3/c1-3-35-27(34)28(17-22-19-32(30-29-22)23-15-13-20(2)14-16-23)25-12-8-7-11-24(25)26(33)31(28)18-21-9-5-4-6-10-21/h4-16,19H,3,17-18H2,1-2H3. The summed E-state index contributed by atoms with van der Waals surface area (Å²) >= 11 is 0. The van der Waals surface area contributed by atoms with E-state index in [0.717, 1.165) is 16.8 Å². The Bertz CT molecular complexity index is 1360. The lowest BCUT2D eigenvalue weighted by Gasteiger charge is -2.36. The Morgan fingerprint density at radius 1 is 0.971 bits per heavy atom. The van der Waals surface area contributed by atoms with Gasteiger partial charge in [0.2, 0.25) is 0 Å². The van der Waals surface area contributed by atoms with E-state index < -0.39 is 11.5 Å². The summed E-state index contributed by atoms with van der Waals surface area (Å²) in [4.78, 5) is 29.0. The second kappa shape index (κ2) is 9.18. The highest BCUT2D eigenvalue weighted by Crippen LogP contribution is 2.43. The van der Waals surface area contributed by atoms with Crippen LogP contribution in [-0.2, 0) is 28.0 Å². The van der Waals surface area contributed by atoms with Crippen LogP contribution in [0.2, 0.25) is 0 Å². The number of aromatic nitrogens is 3. The topological polar surface area (TPSA) is 77.3 Å². The number of esters is 1. The number of amides is 1. The molecule has 35 heavy (non-hydrogen) atoms. The zero-order valence-electron chi connectivity index (χ0n) is 19.7. The number of carbonyl (C=O) groups is 2. The van der Waals surface area contributed by atoms with Crippen molar-refractivity contribution in [2.75, 3.05) is 6.61 Å². The number of ether oxygens (including phenoxy) is 1. The van der Waals surface area contributed by atoms with Crippen LogP contribution in [0, 0.1) is 6.92 Å². The lowest BCUT2D eigenvalue weighted by molar-refractivity contribution is -0.157. The summed E-state index contributed by atoms with van der Waals surface area (Å²) in [7, 11) is 0. The molecule has 0 N–H and O–H groups in total. The highest BCUT2D eigenvalue weighted by atomic mass is 16.5. The van der Waals surface area contributed by atoms with Crippen LogP contribution in [0.15, 0.2) is 85.1 Å². The number of fused-ring (bicyclic) bond motifs is 1. The molecule has 5 rings (SSSR count). The molecule has 1 aliphatic rings. The van der Waals surface area contributed by atoms with Crippen LogP contribution in [0.25, 0.3) is 5.69 Å². The monoisotopic (exact) mass is 466 g/mol. The van der Waals surface area contributed by atoms with Crippen LogP contribution >= 0.6 is 0 Å². The van der Waals surface area contributed by atoms with Gasteiger partial charge in [0.25, 0.3) is 5.91 Å². The maximum Gasteiger partial charge on any atom is 0.337 e. The van der Waals surface area contributed by atoms with Crippen LogP contribution in [0.4, 0.5) is 0 Å². The minimum absolute atomic E-state index is 0.146. The van der Waals surface area contributed by atoms with Crippen LogP contribution in [-0.4, -0.2) is 38.4 Å². The van der Waals surface area contributed by atoms with Crippen molar-refractivity contribution >= 4 is 11.9 Å². The van der Waals surface area contributed by atoms with Gasteiger partial charge >= 0.3 is 5.97 Å². The number of benzene rings is 3. The molecule has 7 nitrogen and oxygen atoms in total. The number of hydrogen-bond acceptors (Lipinski definition) is 5. The number of rotatable bonds is 7. The Morgan fingerprint density at radius 2 is 1.69 bits per heavy atom. The predicted octanol–water partition coefficient (Wildman–Crippen LogP) is 4.23. The molecular weight excluding hydrogens is 440 g/mol. The van der Waals surface area contributed by atoms with Crippen molar-refractivity contribution in [2.24, 2.45) is 0 Å². The van der Waals surface area contributed by atoms with E-state index >= 15 is 0 Å². The number of nitrogens with zero attached hydrogens (tertiary/aromatic N) is 4. The Morgan fingerprint density at radius 3 is 2.43 bits per heavy atom. The molecule has 2 heterocycles. The van der Waals surface area contributed by atoms with Crippen LogP contribution < -0.4 is 0 Å². The van der Waals surface area contributed by atoms with Crippen LogP contribution in [0.3, 0.4) is 0 Å². The minimum atomic E-state index is -1.35. The minimum Gasteiger partial charge on any atom is -0.464 e. The molecule has 176 valence electrons. The molecule has 3 aromatic carbocycles. The molecule has 4 aromatic rings. The average Bonchev–Trinajstić information content (AvgIpc) is 3.43. The van der Waals surface area contributed by atoms with Crippen molar-refractivity contribution in [3.63, 3.8) is 0 Å². The van der Waals surface area contributed by atoms with Gasteiger partial charge in [-0.05, 0) is 37.6 Å². The summed E-state index contributed by atoms with van der Waals surface area (Å²) in [5, 5.41) is 8.66. The third kappa shape index (κ3) is 3.99. The molecule has 0 aliphatic carbocycles. The van der Waals surface area contributed by atoms with Gasteiger partial charge in [-0.15, -0.1) is 5.10 Å². The van der Waals surface area contributed by atoms with Crippen molar-refractivity contribution in [1.29, 1.82) is 0 Å². The first kappa shape index (κ1) is 22.5. The summed E-state index contributed by atoms with van der Waals surface area (Å²) in [6, 6.07) is 24.8. The van der Waals surface area contributed by atoms with E-state index in [4.69, 9.17) is 4.74 Å². The maximum atomic E-state index is 13.7. The molecule has 0 saturated carbocycles. The average molecular weight is 467 g/mol. The molecule has 0 spiro atoms. The molecule has 7 heteroatoms. The molecule has 0 saturated heterocycles. The molecule has 1 amide bonds. The lowest BCUT2D eigenvalue weighted by atomic mass is 9.85. The summed E-state index contributed by atoms with van der Waals surface area (Å²) in [6.45, 7) is 4.25. The van der Waals surface area contributed by atoms with Crippen molar-refractivity contribution in [1.82, 2.24) is 19.9 Å². The van der Waals surface area contributed by atoms with Gasteiger partial charge in [0.05, 0.1) is 24.2 Å². The van der Waals surface area contributed by atoms with E-state index in [1.54, 1.807) is 28.8 Å². The molecule has 1 atom stereocenters. The zero-order chi connectivity index (χ0) is 24.4. The highest BCUT2D eigenvalue weighted by Gasteiger charge is 2.56. The van der Waals surface area contributed by atoms with Gasteiger partial charge in [-0.1, -0.05) is 71.4 Å². The first-order valence-electron chi connectivity index (χ1n) is 11.6. The van der Waals surface area contributed by atoms with Crippen molar-refractivity contribution in [2.45, 2.75) is 32.4 Å². The van der Waals surface area contributed by atoms with E-state index in [1.165, 1.54) is 0 Å². The Hall–Kier alpha value is -4.26. The van der Waals surface area contributed by atoms with Crippen molar-refractivity contribution in [3.05, 3.63) is 113 Å². The van der Waals surface area contributed by atoms with Crippen molar-refractivity contribution in [3.8, 4) is 5.69 Å². The summed E-state index contributed by atoms with van der Waals surface area (Å²) < 4.78 is 7.27. The van der Waals surface area contributed by atoms with Gasteiger partial charge in [-0.3, -0.25) is 4.79 Å². The predicted molar refractivity (Wildman–Crippen MR) is 131 cm³/mol. The Labute approximate surface area is 204 Å². The summed E-state index contributed by atoms with van der Waals surface area (Å²) in [5.41, 5.74) is 3.29. The normalized spacial score (nSPS) is 16.9. The van der Waals surface area contributed by atoms with E-state index in [2.05, 4.69) is 10.3 Å². The molecule has 0 radical (unpaired) electrons. The van der Waals surface area contributed by atoms with Gasteiger partial charge in [0, 0.05) is 24.1 Å². The molecule has 0 bridgehead atoms. The molecular formula is C28H26N4O3. The summed E-state index contributed by atoms with van der Waals surface area (Å²) in [6.07, 6.45) is 1.95. The second-order valence-corrected chi connectivity index (χ2v) is 8.67. The Kier molecular flexibility index (Phi) is 5.91. The van der Waals surface area contributed by atoms with E-state index in [-0.39, 0.29) is 25.5 Å². The van der Waals surface area contributed by atoms with Gasteiger partial charge in [0.15, 0.2) is 5.54 Å². The molecule has 0 fully saturated rings. The SMILES string of the molecule is CCOC(=O)C1(Cc2cn(-c3ccc(C)cc3)nn2)c2ccccc2C(=O)N1Cc1ccccc1. The smallest absolute Gasteiger partial charge is 0.337 e. The quantitative estimate of drug-likeness (QED) is 0.381. The van der Waals surface area contributed by atoms with E-state index in [1.807, 2.05) is 79.7 Å². The second-order valence-electron chi connectivity index (χ2n) is 8.67. The molecule has 1 unspecified atom stereocenters. The lowest BCUT2D eigenvalue weighted by Crippen LogP contribution is -2.52. The number of aryl methyl sites for hydroxylation is 1. The third-order valence-corrected chi connectivity index (χ3v) is 6.38. The van der Waals surface area contributed by atoms with Crippen LogP contribution in [0.5, 0.6) is 0 Å². The van der Waals surface area contributed by atoms with Crippen LogP contribution in [0.1, 0.15) is 39.7 Å².